The maximum atomic E-state index is 13.5. The summed E-state index contributed by atoms with van der Waals surface area (Å²) in [6, 6.07) is 3.06. The molecule has 0 saturated carbocycles. The third-order valence-corrected chi connectivity index (χ3v) is 2.93. The Bertz CT molecular complexity index is 415. The molecule has 2 atom stereocenters. The first-order valence-corrected chi connectivity index (χ1v) is 6.55. The number of benzene rings is 1. The standard InChI is InChI=1S/C15H23F2NO/c1-10(13-7-11(16)5-6-14(13)17)18-9-12(19)8-15(2,3)4/h5-7,10,12,18-19H,8-9H2,1-4H3. The first-order chi connectivity index (χ1) is 8.69. The van der Waals surface area contributed by atoms with E-state index in [2.05, 4.69) is 5.32 Å². The molecule has 0 heterocycles. The van der Waals surface area contributed by atoms with Crippen molar-refractivity contribution < 1.29 is 13.9 Å². The zero-order chi connectivity index (χ0) is 14.6. The van der Waals surface area contributed by atoms with Gasteiger partial charge in [0.1, 0.15) is 11.6 Å². The van der Waals surface area contributed by atoms with E-state index in [0.29, 0.717) is 13.0 Å². The first kappa shape index (κ1) is 16.1. The van der Waals surface area contributed by atoms with Gasteiger partial charge in [0.2, 0.25) is 0 Å². The predicted molar refractivity (Wildman–Crippen MR) is 72.9 cm³/mol. The molecule has 0 aliphatic carbocycles. The van der Waals surface area contributed by atoms with E-state index in [1.807, 2.05) is 20.8 Å². The quantitative estimate of drug-likeness (QED) is 0.860. The molecule has 1 aromatic carbocycles. The van der Waals surface area contributed by atoms with Crippen molar-refractivity contribution in [2.75, 3.05) is 6.54 Å². The molecule has 4 heteroatoms. The minimum Gasteiger partial charge on any atom is -0.392 e. The zero-order valence-corrected chi connectivity index (χ0v) is 12.0. The topological polar surface area (TPSA) is 32.3 Å². The second-order valence-corrected chi connectivity index (χ2v) is 6.21. The van der Waals surface area contributed by atoms with E-state index in [1.165, 1.54) is 6.07 Å². The van der Waals surface area contributed by atoms with Gasteiger partial charge >= 0.3 is 0 Å². The van der Waals surface area contributed by atoms with E-state index < -0.39 is 17.7 Å². The molecule has 19 heavy (non-hydrogen) atoms. The molecule has 0 amide bonds. The molecule has 0 saturated heterocycles. The van der Waals surface area contributed by atoms with Crippen LogP contribution in [0.3, 0.4) is 0 Å². The molecule has 1 rings (SSSR count). The second kappa shape index (κ2) is 6.44. The van der Waals surface area contributed by atoms with E-state index >= 15 is 0 Å². The normalized spacial score (nSPS) is 15.3. The molecule has 0 spiro atoms. The Morgan fingerprint density at radius 1 is 1.26 bits per heavy atom. The maximum absolute atomic E-state index is 13.5. The molecule has 0 aliphatic heterocycles. The molecule has 0 aromatic heterocycles. The minimum absolute atomic E-state index is 0.0362. The van der Waals surface area contributed by atoms with Crippen LogP contribution in [-0.2, 0) is 0 Å². The lowest BCUT2D eigenvalue weighted by Gasteiger charge is -2.24. The fourth-order valence-electron chi connectivity index (χ4n) is 2.05. The highest BCUT2D eigenvalue weighted by Gasteiger charge is 2.18. The van der Waals surface area contributed by atoms with Gasteiger partial charge < -0.3 is 10.4 Å². The van der Waals surface area contributed by atoms with Crippen LogP contribution in [0.4, 0.5) is 8.78 Å². The molecule has 1 aromatic rings. The van der Waals surface area contributed by atoms with Crippen LogP contribution in [0.15, 0.2) is 18.2 Å². The lowest BCUT2D eigenvalue weighted by Crippen LogP contribution is -2.32. The summed E-state index contributed by atoms with van der Waals surface area (Å²) in [5.74, 6) is -0.896. The number of hydrogen-bond acceptors (Lipinski definition) is 2. The van der Waals surface area contributed by atoms with E-state index in [-0.39, 0.29) is 17.0 Å². The summed E-state index contributed by atoms with van der Waals surface area (Å²) in [6.45, 7) is 8.25. The largest absolute Gasteiger partial charge is 0.392 e. The Morgan fingerprint density at radius 2 is 1.89 bits per heavy atom. The van der Waals surface area contributed by atoms with Gasteiger partial charge in [0.15, 0.2) is 0 Å². The van der Waals surface area contributed by atoms with Crippen LogP contribution in [-0.4, -0.2) is 17.8 Å². The smallest absolute Gasteiger partial charge is 0.128 e. The Labute approximate surface area is 113 Å². The SMILES string of the molecule is CC(NCC(O)CC(C)(C)C)c1cc(F)ccc1F. The average molecular weight is 271 g/mol. The van der Waals surface area contributed by atoms with Crippen molar-refractivity contribution in [2.24, 2.45) is 5.41 Å². The highest BCUT2D eigenvalue weighted by molar-refractivity contribution is 5.21. The fraction of sp³-hybridized carbons (Fsp3) is 0.600. The molecule has 2 N–H and O–H groups in total. The highest BCUT2D eigenvalue weighted by Crippen LogP contribution is 2.21. The molecular weight excluding hydrogens is 248 g/mol. The molecule has 0 fully saturated rings. The molecule has 2 unspecified atom stereocenters. The lowest BCUT2D eigenvalue weighted by atomic mass is 9.89. The predicted octanol–water partition coefficient (Wildman–Crippen LogP) is 3.41. The number of nitrogens with one attached hydrogen (secondary N) is 1. The number of aliphatic hydroxyl groups is 1. The van der Waals surface area contributed by atoms with Gasteiger partial charge in [-0.05, 0) is 37.0 Å². The van der Waals surface area contributed by atoms with Crippen LogP contribution in [0.2, 0.25) is 0 Å². The van der Waals surface area contributed by atoms with Crippen LogP contribution in [0.1, 0.15) is 45.7 Å². The van der Waals surface area contributed by atoms with Gasteiger partial charge in [0.25, 0.3) is 0 Å². The van der Waals surface area contributed by atoms with E-state index in [9.17, 15) is 13.9 Å². The molecule has 0 aliphatic rings. The van der Waals surface area contributed by atoms with E-state index in [0.717, 1.165) is 12.1 Å². The van der Waals surface area contributed by atoms with E-state index in [1.54, 1.807) is 6.92 Å². The maximum Gasteiger partial charge on any atom is 0.128 e. The van der Waals surface area contributed by atoms with Crippen molar-refractivity contribution in [2.45, 2.75) is 46.3 Å². The second-order valence-electron chi connectivity index (χ2n) is 6.21. The van der Waals surface area contributed by atoms with Crippen molar-refractivity contribution >= 4 is 0 Å². The van der Waals surface area contributed by atoms with Gasteiger partial charge in [-0.15, -0.1) is 0 Å². The molecule has 108 valence electrons. The number of halogens is 2. The zero-order valence-electron chi connectivity index (χ0n) is 12.0. The third kappa shape index (κ3) is 5.66. The van der Waals surface area contributed by atoms with Crippen LogP contribution < -0.4 is 5.32 Å². The summed E-state index contributed by atoms with van der Waals surface area (Å²) >= 11 is 0. The summed E-state index contributed by atoms with van der Waals surface area (Å²) in [4.78, 5) is 0. The lowest BCUT2D eigenvalue weighted by molar-refractivity contribution is 0.117. The van der Waals surface area contributed by atoms with Crippen LogP contribution in [0.25, 0.3) is 0 Å². The van der Waals surface area contributed by atoms with Crippen molar-refractivity contribution in [1.82, 2.24) is 5.32 Å². The van der Waals surface area contributed by atoms with Crippen molar-refractivity contribution in [1.29, 1.82) is 0 Å². The van der Waals surface area contributed by atoms with Gasteiger partial charge in [-0.25, -0.2) is 8.78 Å². The summed E-state index contributed by atoms with van der Waals surface area (Å²) < 4.78 is 26.6. The minimum atomic E-state index is -0.501. The summed E-state index contributed by atoms with van der Waals surface area (Å²) in [5.41, 5.74) is 0.317. The van der Waals surface area contributed by atoms with Crippen LogP contribution in [0, 0.1) is 17.0 Å². The van der Waals surface area contributed by atoms with Gasteiger partial charge in [0, 0.05) is 18.2 Å². The Balaban J connectivity index is 2.56. The summed E-state index contributed by atoms with van der Waals surface area (Å²) in [6.07, 6.45) is 0.150. The number of aliphatic hydroxyl groups excluding tert-OH is 1. The molecule has 2 nitrogen and oxygen atoms in total. The third-order valence-electron chi connectivity index (χ3n) is 2.93. The van der Waals surface area contributed by atoms with Crippen LogP contribution >= 0.6 is 0 Å². The highest BCUT2D eigenvalue weighted by atomic mass is 19.1. The molecule has 0 radical (unpaired) electrons. The molecular formula is C15H23F2NO. The average Bonchev–Trinajstić information content (AvgIpc) is 2.27. The van der Waals surface area contributed by atoms with Gasteiger partial charge in [-0.3, -0.25) is 0 Å². The van der Waals surface area contributed by atoms with Crippen molar-refractivity contribution in [3.63, 3.8) is 0 Å². The van der Waals surface area contributed by atoms with Crippen molar-refractivity contribution in [3.8, 4) is 0 Å². The van der Waals surface area contributed by atoms with Crippen molar-refractivity contribution in [3.05, 3.63) is 35.4 Å². The van der Waals surface area contributed by atoms with Gasteiger partial charge in [-0.1, -0.05) is 20.8 Å². The van der Waals surface area contributed by atoms with Crippen LogP contribution in [0.5, 0.6) is 0 Å². The first-order valence-electron chi connectivity index (χ1n) is 6.55. The summed E-state index contributed by atoms with van der Waals surface area (Å²) in [5, 5.41) is 12.9. The number of hydrogen-bond donors (Lipinski definition) is 2. The summed E-state index contributed by atoms with van der Waals surface area (Å²) in [7, 11) is 0. The Morgan fingerprint density at radius 3 is 2.47 bits per heavy atom. The van der Waals surface area contributed by atoms with Gasteiger partial charge in [0.05, 0.1) is 6.10 Å². The van der Waals surface area contributed by atoms with E-state index in [4.69, 9.17) is 0 Å². The molecule has 0 bridgehead atoms. The Kier molecular flexibility index (Phi) is 5.44. The fourth-order valence-corrected chi connectivity index (χ4v) is 2.05. The Hall–Kier alpha value is -1.00. The monoisotopic (exact) mass is 271 g/mol. The van der Waals surface area contributed by atoms with Gasteiger partial charge in [-0.2, -0.15) is 0 Å². The number of rotatable bonds is 5.